The van der Waals surface area contributed by atoms with Gasteiger partial charge in [-0.05, 0) is 36.8 Å². The summed E-state index contributed by atoms with van der Waals surface area (Å²) in [5.41, 5.74) is 2.37. The lowest BCUT2D eigenvalue weighted by molar-refractivity contribution is -0.121. The van der Waals surface area contributed by atoms with Gasteiger partial charge in [0.1, 0.15) is 0 Å². The number of nitrogens with one attached hydrogen (secondary N) is 2. The third-order valence-electron chi connectivity index (χ3n) is 4.82. The minimum absolute atomic E-state index is 0. The quantitative estimate of drug-likeness (QED) is 0.352. The van der Waals surface area contributed by atoms with Crippen LogP contribution in [-0.4, -0.2) is 50.6 Å². The van der Waals surface area contributed by atoms with Crippen LogP contribution in [0.15, 0.2) is 29.3 Å². The molecule has 2 rings (SSSR count). The molecule has 6 nitrogen and oxygen atoms in total. The minimum Gasteiger partial charge on any atom is -0.380 e. The summed E-state index contributed by atoms with van der Waals surface area (Å²) in [5.74, 6) is 1.56. The van der Waals surface area contributed by atoms with E-state index in [1.807, 2.05) is 12.1 Å². The number of likely N-dealkylation sites (tertiary alicyclic amines) is 1. The number of hydrogen-bond donors (Lipinski definition) is 2. The van der Waals surface area contributed by atoms with Crippen LogP contribution in [0.5, 0.6) is 0 Å². The standard InChI is InChI=1S/C20H32N4O2.HI/c1-4-22-20(23-14-17-7-5-6-8-18(17)15-26-3)24-11-9-16(10-12-24)13-19(25)21-2;/h5-8,16H,4,9-15H2,1-3H3,(H,21,25)(H,22,23);1H. The van der Waals surface area contributed by atoms with Crippen molar-refractivity contribution in [3.8, 4) is 0 Å². The monoisotopic (exact) mass is 488 g/mol. The maximum Gasteiger partial charge on any atom is 0.220 e. The summed E-state index contributed by atoms with van der Waals surface area (Å²) >= 11 is 0. The number of amides is 1. The molecule has 0 unspecified atom stereocenters. The number of carbonyl (C=O) groups excluding carboxylic acids is 1. The molecule has 0 radical (unpaired) electrons. The van der Waals surface area contributed by atoms with Crippen molar-refractivity contribution in [2.45, 2.75) is 39.3 Å². The second kappa shape index (κ2) is 12.9. The van der Waals surface area contributed by atoms with E-state index in [-0.39, 0.29) is 29.9 Å². The molecule has 0 bridgehead atoms. The van der Waals surface area contributed by atoms with Gasteiger partial charge >= 0.3 is 0 Å². The molecule has 0 aromatic heterocycles. The number of hydrogen-bond acceptors (Lipinski definition) is 3. The van der Waals surface area contributed by atoms with Crippen LogP contribution >= 0.6 is 24.0 Å². The molecular formula is C20H33IN4O2. The number of rotatable bonds is 7. The van der Waals surface area contributed by atoms with E-state index in [0.29, 0.717) is 25.5 Å². The lowest BCUT2D eigenvalue weighted by atomic mass is 9.93. The predicted octanol–water partition coefficient (Wildman–Crippen LogP) is 2.76. The van der Waals surface area contributed by atoms with E-state index in [1.54, 1.807) is 14.2 Å². The first-order valence-electron chi connectivity index (χ1n) is 9.47. The Morgan fingerprint density at radius 2 is 1.93 bits per heavy atom. The molecule has 0 saturated carbocycles. The number of benzene rings is 1. The Hall–Kier alpha value is -1.35. The van der Waals surface area contributed by atoms with Gasteiger partial charge in [-0.15, -0.1) is 24.0 Å². The zero-order valence-corrected chi connectivity index (χ0v) is 19.0. The Bertz CT molecular complexity index is 601. The molecule has 0 atom stereocenters. The topological polar surface area (TPSA) is 66.0 Å². The van der Waals surface area contributed by atoms with Crippen LogP contribution in [0.3, 0.4) is 0 Å². The van der Waals surface area contributed by atoms with Gasteiger partial charge in [-0.25, -0.2) is 4.99 Å². The van der Waals surface area contributed by atoms with Crippen molar-refractivity contribution in [3.63, 3.8) is 0 Å². The molecule has 2 N–H and O–H groups in total. The van der Waals surface area contributed by atoms with Crippen molar-refractivity contribution < 1.29 is 9.53 Å². The average molecular weight is 488 g/mol. The van der Waals surface area contributed by atoms with Crippen molar-refractivity contribution in [1.29, 1.82) is 0 Å². The van der Waals surface area contributed by atoms with E-state index < -0.39 is 0 Å². The molecule has 1 saturated heterocycles. The number of carbonyl (C=O) groups is 1. The normalized spacial score (nSPS) is 15.2. The van der Waals surface area contributed by atoms with E-state index in [9.17, 15) is 4.79 Å². The first kappa shape index (κ1) is 23.7. The third kappa shape index (κ3) is 7.65. The fourth-order valence-electron chi connectivity index (χ4n) is 3.31. The van der Waals surface area contributed by atoms with Crippen LogP contribution in [0.2, 0.25) is 0 Å². The van der Waals surface area contributed by atoms with E-state index in [2.05, 4.69) is 34.6 Å². The maximum absolute atomic E-state index is 11.6. The van der Waals surface area contributed by atoms with E-state index in [1.165, 1.54) is 11.1 Å². The van der Waals surface area contributed by atoms with Crippen molar-refractivity contribution >= 4 is 35.8 Å². The lowest BCUT2D eigenvalue weighted by Gasteiger charge is -2.34. The van der Waals surface area contributed by atoms with E-state index in [4.69, 9.17) is 9.73 Å². The van der Waals surface area contributed by atoms with Crippen LogP contribution in [0.1, 0.15) is 37.3 Å². The third-order valence-corrected chi connectivity index (χ3v) is 4.82. The fraction of sp³-hybridized carbons (Fsp3) is 0.600. The van der Waals surface area contributed by atoms with Crippen LogP contribution < -0.4 is 10.6 Å². The fourth-order valence-corrected chi connectivity index (χ4v) is 3.31. The summed E-state index contributed by atoms with van der Waals surface area (Å²) in [7, 11) is 3.42. The van der Waals surface area contributed by atoms with Gasteiger partial charge < -0.3 is 20.3 Å². The van der Waals surface area contributed by atoms with Gasteiger partial charge in [-0.3, -0.25) is 4.79 Å². The molecular weight excluding hydrogens is 455 g/mol. The number of nitrogens with zero attached hydrogens (tertiary/aromatic N) is 2. The Kier molecular flexibility index (Phi) is 11.3. The highest BCUT2D eigenvalue weighted by molar-refractivity contribution is 14.0. The van der Waals surface area contributed by atoms with Crippen molar-refractivity contribution in [2.24, 2.45) is 10.9 Å². The Morgan fingerprint density at radius 1 is 1.26 bits per heavy atom. The van der Waals surface area contributed by atoms with Gasteiger partial charge in [0, 0.05) is 40.2 Å². The summed E-state index contributed by atoms with van der Waals surface area (Å²) in [6.07, 6.45) is 2.68. The smallest absolute Gasteiger partial charge is 0.220 e. The first-order valence-corrected chi connectivity index (χ1v) is 9.47. The van der Waals surface area contributed by atoms with Gasteiger partial charge in [0.15, 0.2) is 5.96 Å². The summed E-state index contributed by atoms with van der Waals surface area (Å²) in [5, 5.41) is 6.13. The van der Waals surface area contributed by atoms with Crippen molar-refractivity contribution in [1.82, 2.24) is 15.5 Å². The molecule has 1 fully saturated rings. The van der Waals surface area contributed by atoms with Crippen LogP contribution in [0.4, 0.5) is 0 Å². The van der Waals surface area contributed by atoms with Gasteiger partial charge in [0.2, 0.25) is 5.91 Å². The number of aliphatic imine (C=N–C) groups is 1. The molecule has 1 aromatic rings. The predicted molar refractivity (Wildman–Crippen MR) is 120 cm³/mol. The largest absolute Gasteiger partial charge is 0.380 e. The van der Waals surface area contributed by atoms with Crippen LogP contribution in [0.25, 0.3) is 0 Å². The zero-order valence-electron chi connectivity index (χ0n) is 16.7. The molecule has 0 spiro atoms. The van der Waals surface area contributed by atoms with Gasteiger partial charge in [0.05, 0.1) is 13.2 Å². The van der Waals surface area contributed by atoms with Crippen molar-refractivity contribution in [2.75, 3.05) is 33.8 Å². The number of piperidine rings is 1. The maximum atomic E-state index is 11.6. The highest BCUT2D eigenvalue weighted by atomic mass is 127. The molecule has 1 amide bonds. The molecule has 7 heteroatoms. The molecule has 1 aromatic carbocycles. The summed E-state index contributed by atoms with van der Waals surface area (Å²) in [4.78, 5) is 18.7. The molecule has 1 aliphatic rings. The van der Waals surface area contributed by atoms with Gasteiger partial charge in [-0.2, -0.15) is 0 Å². The van der Waals surface area contributed by atoms with Crippen LogP contribution in [0, 0.1) is 5.92 Å². The first-order chi connectivity index (χ1) is 12.7. The van der Waals surface area contributed by atoms with Gasteiger partial charge in [0.25, 0.3) is 0 Å². The zero-order chi connectivity index (χ0) is 18.8. The number of ether oxygens (including phenoxy) is 1. The number of guanidine groups is 1. The van der Waals surface area contributed by atoms with Gasteiger partial charge in [-0.1, -0.05) is 24.3 Å². The summed E-state index contributed by atoms with van der Waals surface area (Å²) in [6, 6.07) is 8.27. The second-order valence-electron chi connectivity index (χ2n) is 6.68. The van der Waals surface area contributed by atoms with E-state index in [0.717, 1.165) is 38.4 Å². The Labute approximate surface area is 180 Å². The van der Waals surface area contributed by atoms with Crippen molar-refractivity contribution in [3.05, 3.63) is 35.4 Å². The highest BCUT2D eigenvalue weighted by Crippen LogP contribution is 2.20. The van der Waals surface area contributed by atoms with E-state index >= 15 is 0 Å². The molecule has 27 heavy (non-hydrogen) atoms. The second-order valence-corrected chi connectivity index (χ2v) is 6.68. The minimum atomic E-state index is 0. The Balaban J connectivity index is 0.00000364. The van der Waals surface area contributed by atoms with Crippen LogP contribution in [-0.2, 0) is 22.7 Å². The SMILES string of the molecule is CCNC(=NCc1ccccc1COC)N1CCC(CC(=O)NC)CC1.I. The number of methoxy groups -OCH3 is 1. The lowest BCUT2D eigenvalue weighted by Crippen LogP contribution is -2.46. The molecule has 1 aliphatic heterocycles. The highest BCUT2D eigenvalue weighted by Gasteiger charge is 2.23. The summed E-state index contributed by atoms with van der Waals surface area (Å²) in [6.45, 7) is 6.05. The summed E-state index contributed by atoms with van der Waals surface area (Å²) < 4.78 is 5.28. The molecule has 0 aliphatic carbocycles. The molecule has 1 heterocycles. The molecule has 152 valence electrons. The number of halogens is 1. The Morgan fingerprint density at radius 3 is 2.52 bits per heavy atom. The average Bonchev–Trinajstić information content (AvgIpc) is 2.67.